The molecule has 0 unspecified atom stereocenters. The van der Waals surface area contributed by atoms with E-state index in [4.69, 9.17) is 4.74 Å². The standard InChI is InChI=1S/C17H15N3O5/c1-25-15-4-2-3-12(11-15)5-10-16(21)18-19-17(22)13-6-8-14(9-7-13)20(23)24/h2-11H,1H3,(H,18,21)(H,19,22)/b10-5+. The lowest BCUT2D eigenvalue weighted by Crippen LogP contribution is -2.40. The van der Waals surface area contributed by atoms with E-state index in [9.17, 15) is 19.7 Å². The van der Waals surface area contributed by atoms with Gasteiger partial charge in [0.15, 0.2) is 0 Å². The van der Waals surface area contributed by atoms with Crippen LogP contribution in [0.4, 0.5) is 5.69 Å². The number of hydrogen-bond donors (Lipinski definition) is 2. The molecule has 0 aliphatic rings. The predicted molar refractivity (Wildman–Crippen MR) is 90.7 cm³/mol. The Morgan fingerprint density at radius 3 is 2.48 bits per heavy atom. The Kier molecular flexibility index (Phi) is 5.83. The molecule has 128 valence electrons. The number of carbonyl (C=O) groups excluding carboxylic acids is 2. The molecule has 0 spiro atoms. The van der Waals surface area contributed by atoms with Gasteiger partial charge in [-0.15, -0.1) is 0 Å². The number of benzene rings is 2. The summed E-state index contributed by atoms with van der Waals surface area (Å²) in [5.41, 5.74) is 5.27. The zero-order valence-electron chi connectivity index (χ0n) is 13.3. The van der Waals surface area contributed by atoms with Crippen molar-refractivity contribution in [1.82, 2.24) is 10.9 Å². The van der Waals surface area contributed by atoms with Crippen LogP contribution in [0.15, 0.2) is 54.6 Å². The fourth-order valence-electron chi connectivity index (χ4n) is 1.88. The topological polar surface area (TPSA) is 111 Å². The molecule has 0 aliphatic carbocycles. The van der Waals surface area contributed by atoms with Crippen LogP contribution >= 0.6 is 0 Å². The van der Waals surface area contributed by atoms with E-state index in [0.29, 0.717) is 5.75 Å². The fourth-order valence-corrected chi connectivity index (χ4v) is 1.88. The number of carbonyl (C=O) groups is 2. The van der Waals surface area contributed by atoms with Crippen LogP contribution in [-0.4, -0.2) is 23.8 Å². The summed E-state index contributed by atoms with van der Waals surface area (Å²) in [6, 6.07) is 12.1. The molecular weight excluding hydrogens is 326 g/mol. The lowest BCUT2D eigenvalue weighted by molar-refractivity contribution is -0.384. The number of amides is 2. The molecule has 8 heteroatoms. The summed E-state index contributed by atoms with van der Waals surface area (Å²) in [6.45, 7) is 0. The quantitative estimate of drug-likeness (QED) is 0.491. The highest BCUT2D eigenvalue weighted by Gasteiger charge is 2.09. The number of hydrogen-bond acceptors (Lipinski definition) is 5. The Bertz CT molecular complexity index is 815. The Labute approximate surface area is 143 Å². The van der Waals surface area contributed by atoms with E-state index in [0.717, 1.165) is 5.56 Å². The van der Waals surface area contributed by atoms with Crippen molar-refractivity contribution in [2.75, 3.05) is 7.11 Å². The molecule has 0 fully saturated rings. The van der Waals surface area contributed by atoms with E-state index < -0.39 is 16.7 Å². The number of nitrogens with zero attached hydrogens (tertiary/aromatic N) is 1. The minimum Gasteiger partial charge on any atom is -0.497 e. The van der Waals surface area contributed by atoms with Gasteiger partial charge in [0.05, 0.1) is 12.0 Å². The Balaban J connectivity index is 1.89. The molecule has 2 aromatic carbocycles. The largest absolute Gasteiger partial charge is 0.497 e. The van der Waals surface area contributed by atoms with E-state index in [1.165, 1.54) is 30.3 Å². The van der Waals surface area contributed by atoms with Crippen molar-refractivity contribution in [2.24, 2.45) is 0 Å². The highest BCUT2D eigenvalue weighted by Crippen LogP contribution is 2.13. The number of rotatable bonds is 5. The second-order valence-electron chi connectivity index (χ2n) is 4.86. The van der Waals surface area contributed by atoms with Gasteiger partial charge in [-0.1, -0.05) is 12.1 Å². The number of methoxy groups -OCH3 is 1. The molecule has 0 aliphatic heterocycles. The zero-order chi connectivity index (χ0) is 18.2. The summed E-state index contributed by atoms with van der Waals surface area (Å²) in [4.78, 5) is 33.6. The van der Waals surface area contributed by atoms with Gasteiger partial charge in [-0.05, 0) is 35.9 Å². The Hall–Kier alpha value is -3.68. The van der Waals surface area contributed by atoms with E-state index in [-0.39, 0.29) is 11.3 Å². The molecule has 2 rings (SSSR count). The number of ether oxygens (including phenoxy) is 1. The maximum atomic E-state index is 11.9. The molecule has 2 amide bonds. The molecule has 2 N–H and O–H groups in total. The number of nitro benzene ring substituents is 1. The molecule has 0 saturated heterocycles. The SMILES string of the molecule is COc1cccc(/C=C/C(=O)NNC(=O)c2ccc([N+](=O)[O-])cc2)c1. The lowest BCUT2D eigenvalue weighted by atomic mass is 10.2. The van der Waals surface area contributed by atoms with Gasteiger partial charge in [-0.25, -0.2) is 0 Å². The summed E-state index contributed by atoms with van der Waals surface area (Å²) in [6.07, 6.45) is 2.82. The van der Waals surface area contributed by atoms with Gasteiger partial charge < -0.3 is 4.74 Å². The zero-order valence-corrected chi connectivity index (χ0v) is 13.3. The van der Waals surface area contributed by atoms with Crippen LogP contribution in [0, 0.1) is 10.1 Å². The van der Waals surface area contributed by atoms with E-state index >= 15 is 0 Å². The summed E-state index contributed by atoms with van der Waals surface area (Å²) >= 11 is 0. The van der Waals surface area contributed by atoms with Crippen molar-refractivity contribution in [1.29, 1.82) is 0 Å². The third kappa shape index (κ3) is 5.17. The highest BCUT2D eigenvalue weighted by atomic mass is 16.6. The third-order valence-corrected chi connectivity index (χ3v) is 3.16. The average molecular weight is 341 g/mol. The Morgan fingerprint density at radius 2 is 1.84 bits per heavy atom. The van der Waals surface area contributed by atoms with Crippen LogP contribution in [0.2, 0.25) is 0 Å². The summed E-state index contributed by atoms with van der Waals surface area (Å²) in [7, 11) is 1.54. The van der Waals surface area contributed by atoms with Gasteiger partial charge in [-0.2, -0.15) is 0 Å². The molecule has 25 heavy (non-hydrogen) atoms. The van der Waals surface area contributed by atoms with E-state index in [1.54, 1.807) is 37.5 Å². The second-order valence-corrected chi connectivity index (χ2v) is 4.86. The highest BCUT2D eigenvalue weighted by molar-refractivity contribution is 5.98. The van der Waals surface area contributed by atoms with Crippen LogP contribution in [0.1, 0.15) is 15.9 Å². The summed E-state index contributed by atoms with van der Waals surface area (Å²) in [5.74, 6) is -0.454. The van der Waals surface area contributed by atoms with Crippen molar-refractivity contribution < 1.29 is 19.2 Å². The molecular formula is C17H15N3O5. The average Bonchev–Trinajstić information content (AvgIpc) is 2.64. The first-order chi connectivity index (χ1) is 12.0. The first-order valence-corrected chi connectivity index (χ1v) is 7.16. The van der Waals surface area contributed by atoms with Crippen molar-refractivity contribution in [2.45, 2.75) is 0 Å². The first kappa shape index (κ1) is 17.7. The minimum atomic E-state index is -0.585. The second kappa shape index (κ2) is 8.25. The molecule has 2 aromatic rings. The first-order valence-electron chi connectivity index (χ1n) is 7.16. The normalized spacial score (nSPS) is 10.3. The third-order valence-electron chi connectivity index (χ3n) is 3.16. The smallest absolute Gasteiger partial charge is 0.269 e. The van der Waals surface area contributed by atoms with Crippen LogP contribution in [0.5, 0.6) is 5.75 Å². The maximum absolute atomic E-state index is 11.9. The van der Waals surface area contributed by atoms with Crippen molar-refractivity contribution in [3.05, 3.63) is 75.8 Å². The minimum absolute atomic E-state index is 0.123. The van der Waals surface area contributed by atoms with E-state index in [2.05, 4.69) is 10.9 Å². The molecule has 0 bridgehead atoms. The number of nitrogens with one attached hydrogen (secondary N) is 2. The number of hydrazine groups is 1. The maximum Gasteiger partial charge on any atom is 0.269 e. The van der Waals surface area contributed by atoms with E-state index in [1.807, 2.05) is 0 Å². The molecule has 0 atom stereocenters. The van der Waals surface area contributed by atoms with Crippen molar-refractivity contribution >= 4 is 23.6 Å². The van der Waals surface area contributed by atoms with Crippen LogP contribution in [0.25, 0.3) is 6.08 Å². The van der Waals surface area contributed by atoms with Gasteiger partial charge in [0.2, 0.25) is 0 Å². The summed E-state index contributed by atoms with van der Waals surface area (Å²) in [5, 5.41) is 10.6. The summed E-state index contributed by atoms with van der Waals surface area (Å²) < 4.78 is 5.08. The van der Waals surface area contributed by atoms with Crippen molar-refractivity contribution in [3.8, 4) is 5.75 Å². The van der Waals surface area contributed by atoms with Crippen LogP contribution < -0.4 is 15.6 Å². The van der Waals surface area contributed by atoms with Gasteiger partial charge in [-0.3, -0.25) is 30.6 Å². The monoisotopic (exact) mass is 341 g/mol. The van der Waals surface area contributed by atoms with Crippen LogP contribution in [0.3, 0.4) is 0 Å². The van der Waals surface area contributed by atoms with Gasteiger partial charge in [0, 0.05) is 23.8 Å². The lowest BCUT2D eigenvalue weighted by Gasteiger charge is -2.05. The predicted octanol–water partition coefficient (Wildman–Crippen LogP) is 2.08. The molecule has 0 saturated carbocycles. The molecule has 0 radical (unpaired) electrons. The van der Waals surface area contributed by atoms with Gasteiger partial charge in [0.1, 0.15) is 5.75 Å². The van der Waals surface area contributed by atoms with Gasteiger partial charge >= 0.3 is 0 Å². The molecule has 0 aromatic heterocycles. The number of non-ortho nitro benzene ring substituents is 1. The fraction of sp³-hybridized carbons (Fsp3) is 0.0588. The molecule has 8 nitrogen and oxygen atoms in total. The van der Waals surface area contributed by atoms with Crippen LogP contribution in [-0.2, 0) is 4.79 Å². The van der Waals surface area contributed by atoms with Gasteiger partial charge in [0.25, 0.3) is 17.5 Å². The van der Waals surface area contributed by atoms with Crippen molar-refractivity contribution in [3.63, 3.8) is 0 Å². The molecule has 0 heterocycles. The Morgan fingerprint density at radius 1 is 1.12 bits per heavy atom. The number of nitro groups is 1.